The number of likely N-dealkylation sites (tertiary alicyclic amines) is 1. The summed E-state index contributed by atoms with van der Waals surface area (Å²) < 4.78 is 2.43. The molecule has 2 heterocycles. The first-order chi connectivity index (χ1) is 13.9. The molecule has 142 valence electrons. The van der Waals surface area contributed by atoms with Gasteiger partial charge in [-0.3, -0.25) is 4.90 Å². The van der Waals surface area contributed by atoms with Crippen molar-refractivity contribution in [2.24, 2.45) is 0 Å². The smallest absolute Gasteiger partial charge is 0.124 e. The highest BCUT2D eigenvalue weighted by molar-refractivity contribution is 5.86. The fraction of sp³-hybridized carbons (Fsp3) is 0.320. The Balaban J connectivity index is 1.55. The third kappa shape index (κ3) is 3.43. The Morgan fingerprint density at radius 1 is 0.714 bits per heavy atom. The summed E-state index contributed by atoms with van der Waals surface area (Å²) in [6, 6.07) is 23.9. The van der Waals surface area contributed by atoms with E-state index < -0.39 is 0 Å². The molecule has 1 aromatic heterocycles. The van der Waals surface area contributed by atoms with Gasteiger partial charge in [-0.2, -0.15) is 0 Å². The van der Waals surface area contributed by atoms with E-state index in [0.29, 0.717) is 0 Å². The van der Waals surface area contributed by atoms with Crippen LogP contribution in [0.15, 0.2) is 66.7 Å². The van der Waals surface area contributed by atoms with Crippen LogP contribution in [0, 0.1) is 0 Å². The summed E-state index contributed by atoms with van der Waals surface area (Å²) in [5.41, 5.74) is 3.70. The SMILES string of the molecule is c1ccc2c(Cn3c(CN4CCCCCC4)nc4ccccc43)cccc2c1. The second-order valence-corrected chi connectivity index (χ2v) is 7.93. The van der Waals surface area contributed by atoms with Gasteiger partial charge in [0.15, 0.2) is 0 Å². The highest BCUT2D eigenvalue weighted by Crippen LogP contribution is 2.24. The molecule has 5 rings (SSSR count). The molecule has 1 fully saturated rings. The van der Waals surface area contributed by atoms with Gasteiger partial charge in [-0.05, 0) is 54.4 Å². The van der Waals surface area contributed by atoms with E-state index >= 15 is 0 Å². The van der Waals surface area contributed by atoms with Crippen LogP contribution < -0.4 is 0 Å². The van der Waals surface area contributed by atoms with Crippen molar-refractivity contribution in [3.8, 4) is 0 Å². The van der Waals surface area contributed by atoms with E-state index in [2.05, 4.69) is 76.2 Å². The van der Waals surface area contributed by atoms with Gasteiger partial charge < -0.3 is 4.57 Å². The number of aromatic nitrogens is 2. The summed E-state index contributed by atoms with van der Waals surface area (Å²) in [6.45, 7) is 4.19. The quantitative estimate of drug-likeness (QED) is 0.466. The van der Waals surface area contributed by atoms with Crippen molar-refractivity contribution in [2.45, 2.75) is 38.8 Å². The van der Waals surface area contributed by atoms with Gasteiger partial charge in [-0.25, -0.2) is 4.98 Å². The molecule has 1 aliphatic heterocycles. The lowest BCUT2D eigenvalue weighted by molar-refractivity contribution is 0.267. The maximum Gasteiger partial charge on any atom is 0.124 e. The molecular weight excluding hydrogens is 342 g/mol. The molecule has 0 spiro atoms. The highest BCUT2D eigenvalue weighted by atomic mass is 15.2. The number of hydrogen-bond donors (Lipinski definition) is 0. The molecule has 0 atom stereocenters. The Labute approximate surface area is 166 Å². The van der Waals surface area contributed by atoms with E-state index in [1.54, 1.807) is 0 Å². The van der Waals surface area contributed by atoms with Gasteiger partial charge in [0.1, 0.15) is 5.82 Å². The first-order valence-electron chi connectivity index (χ1n) is 10.5. The lowest BCUT2D eigenvalue weighted by atomic mass is 10.0. The summed E-state index contributed by atoms with van der Waals surface area (Å²) in [6.07, 6.45) is 5.35. The van der Waals surface area contributed by atoms with Crippen LogP contribution in [0.4, 0.5) is 0 Å². The standard InChI is InChI=1S/C25H27N3/c1-2-8-17-27(16-7-1)19-25-26-23-14-5-6-15-24(23)28(25)18-21-12-9-11-20-10-3-4-13-22(20)21/h3-6,9-15H,1-2,7-8,16-19H2. The van der Waals surface area contributed by atoms with Crippen molar-refractivity contribution in [3.05, 3.63) is 78.1 Å². The second-order valence-electron chi connectivity index (χ2n) is 7.93. The Bertz CT molecular complexity index is 1080. The molecule has 0 aliphatic carbocycles. The Morgan fingerprint density at radius 3 is 2.36 bits per heavy atom. The summed E-state index contributed by atoms with van der Waals surface area (Å²) in [5.74, 6) is 1.19. The van der Waals surface area contributed by atoms with Crippen molar-refractivity contribution in [1.82, 2.24) is 14.5 Å². The lowest BCUT2D eigenvalue weighted by Crippen LogP contribution is -2.26. The van der Waals surface area contributed by atoms with Crippen molar-refractivity contribution in [3.63, 3.8) is 0 Å². The van der Waals surface area contributed by atoms with Gasteiger partial charge in [-0.1, -0.05) is 67.4 Å². The topological polar surface area (TPSA) is 21.1 Å². The number of fused-ring (bicyclic) bond motifs is 2. The summed E-state index contributed by atoms with van der Waals surface area (Å²) in [7, 11) is 0. The number of benzene rings is 3. The average Bonchev–Trinajstić information content (AvgIpc) is 2.89. The van der Waals surface area contributed by atoms with Crippen molar-refractivity contribution >= 4 is 21.8 Å². The lowest BCUT2D eigenvalue weighted by Gasteiger charge is -2.20. The van der Waals surface area contributed by atoms with Crippen LogP contribution in [0.1, 0.15) is 37.1 Å². The van der Waals surface area contributed by atoms with Crippen LogP contribution in [-0.4, -0.2) is 27.5 Å². The molecule has 0 amide bonds. The van der Waals surface area contributed by atoms with E-state index in [1.807, 2.05) is 0 Å². The van der Waals surface area contributed by atoms with E-state index in [4.69, 9.17) is 4.98 Å². The van der Waals surface area contributed by atoms with Crippen LogP contribution in [0.2, 0.25) is 0 Å². The van der Waals surface area contributed by atoms with Crippen LogP contribution in [0.5, 0.6) is 0 Å². The monoisotopic (exact) mass is 369 g/mol. The van der Waals surface area contributed by atoms with Gasteiger partial charge in [0, 0.05) is 6.54 Å². The fourth-order valence-corrected chi connectivity index (χ4v) is 4.52. The molecule has 0 N–H and O–H groups in total. The van der Waals surface area contributed by atoms with Crippen LogP contribution in [-0.2, 0) is 13.1 Å². The molecule has 0 unspecified atom stereocenters. The number of nitrogens with zero attached hydrogens (tertiary/aromatic N) is 3. The zero-order valence-electron chi connectivity index (χ0n) is 16.3. The van der Waals surface area contributed by atoms with E-state index in [-0.39, 0.29) is 0 Å². The van der Waals surface area contributed by atoms with Gasteiger partial charge in [-0.15, -0.1) is 0 Å². The molecule has 0 saturated carbocycles. The van der Waals surface area contributed by atoms with Crippen LogP contribution in [0.3, 0.4) is 0 Å². The molecule has 3 heteroatoms. The molecule has 1 aliphatic rings. The Morgan fingerprint density at radius 2 is 1.46 bits per heavy atom. The molecule has 3 nitrogen and oxygen atoms in total. The van der Waals surface area contributed by atoms with Crippen LogP contribution >= 0.6 is 0 Å². The number of imidazole rings is 1. The first kappa shape index (κ1) is 17.4. The number of rotatable bonds is 4. The maximum atomic E-state index is 5.03. The fourth-order valence-electron chi connectivity index (χ4n) is 4.52. The van der Waals surface area contributed by atoms with Crippen molar-refractivity contribution in [2.75, 3.05) is 13.1 Å². The Hall–Kier alpha value is -2.65. The minimum atomic E-state index is 0.866. The Kier molecular flexibility index (Phi) is 4.84. The van der Waals surface area contributed by atoms with E-state index in [9.17, 15) is 0 Å². The third-order valence-electron chi connectivity index (χ3n) is 6.01. The van der Waals surface area contributed by atoms with Gasteiger partial charge in [0.05, 0.1) is 17.6 Å². The molecule has 4 aromatic rings. The minimum absolute atomic E-state index is 0.866. The van der Waals surface area contributed by atoms with Gasteiger partial charge in [0.25, 0.3) is 0 Å². The largest absolute Gasteiger partial charge is 0.322 e. The van der Waals surface area contributed by atoms with E-state index in [0.717, 1.165) is 18.6 Å². The maximum absolute atomic E-state index is 5.03. The van der Waals surface area contributed by atoms with Gasteiger partial charge in [0.2, 0.25) is 0 Å². The third-order valence-corrected chi connectivity index (χ3v) is 6.01. The minimum Gasteiger partial charge on any atom is -0.322 e. The van der Waals surface area contributed by atoms with Crippen LogP contribution in [0.25, 0.3) is 21.8 Å². The molecular formula is C25H27N3. The zero-order chi connectivity index (χ0) is 18.8. The molecule has 1 saturated heterocycles. The zero-order valence-corrected chi connectivity index (χ0v) is 16.3. The van der Waals surface area contributed by atoms with Crippen molar-refractivity contribution in [1.29, 1.82) is 0 Å². The molecule has 3 aromatic carbocycles. The first-order valence-corrected chi connectivity index (χ1v) is 10.5. The summed E-state index contributed by atoms with van der Waals surface area (Å²) >= 11 is 0. The number of para-hydroxylation sites is 2. The van der Waals surface area contributed by atoms with Gasteiger partial charge >= 0.3 is 0 Å². The molecule has 28 heavy (non-hydrogen) atoms. The molecule has 0 radical (unpaired) electrons. The highest BCUT2D eigenvalue weighted by Gasteiger charge is 2.16. The summed E-state index contributed by atoms with van der Waals surface area (Å²) in [5, 5.41) is 2.64. The predicted molar refractivity (Wildman–Crippen MR) is 117 cm³/mol. The molecule has 0 bridgehead atoms. The second kappa shape index (κ2) is 7.76. The predicted octanol–water partition coefficient (Wildman–Crippen LogP) is 5.61. The average molecular weight is 370 g/mol. The van der Waals surface area contributed by atoms with E-state index in [1.165, 1.54) is 66.4 Å². The number of hydrogen-bond acceptors (Lipinski definition) is 2. The summed E-state index contributed by atoms with van der Waals surface area (Å²) in [4.78, 5) is 7.63. The van der Waals surface area contributed by atoms with Crippen molar-refractivity contribution < 1.29 is 0 Å². The normalized spacial score (nSPS) is 15.9.